The summed E-state index contributed by atoms with van der Waals surface area (Å²) in [4.78, 5) is 115. The SMILES string of the molecule is CCCCN1CCCC1=O.CN1CCC1=O.CN1CCCC1=O.CN1CCCCC1=O.CN1CCCCCC1=O.O=C1CCCCCN1c1ccccc1.O=C1CCCCN1c1ccccc1.O=C1CCCN1c1ccccc1.O=C1CCN1c1ccccc1. The summed E-state index contributed by atoms with van der Waals surface area (Å²) in [6.45, 7) is 11.5. The number of β-lactam (4-membered cyclic amide) rings is 2. The number of hydrogen-bond donors (Lipinski definition) is 0. The van der Waals surface area contributed by atoms with Crippen LogP contribution in [-0.2, 0) is 43.2 Å². The molecule has 0 radical (unpaired) electrons. The van der Waals surface area contributed by atoms with Gasteiger partial charge >= 0.3 is 0 Å². The largest absolute Gasteiger partial charge is 0.346 e. The number of unbranched alkanes of at least 4 members (excludes halogenated alkanes) is 1. The van der Waals surface area contributed by atoms with Crippen molar-refractivity contribution in [2.45, 2.75) is 161 Å². The number of carbonyl (C=O) groups is 9. The molecule has 18 nitrogen and oxygen atoms in total. The Morgan fingerprint density at radius 1 is 0.256 bits per heavy atom. The van der Waals surface area contributed by atoms with Crippen molar-refractivity contribution in [1.82, 2.24) is 24.5 Å². The van der Waals surface area contributed by atoms with Crippen LogP contribution in [0, 0.1) is 0 Å². The minimum atomic E-state index is 0.233. The lowest BCUT2D eigenvalue weighted by Gasteiger charge is -2.30. The van der Waals surface area contributed by atoms with E-state index in [1.165, 1.54) is 32.1 Å². The number of para-hydroxylation sites is 4. The third kappa shape index (κ3) is 26.3. The van der Waals surface area contributed by atoms with Crippen molar-refractivity contribution in [2.24, 2.45) is 0 Å². The smallest absolute Gasteiger partial charge is 0.228 e. The van der Waals surface area contributed by atoms with Crippen molar-refractivity contribution < 1.29 is 43.2 Å². The number of benzene rings is 4. The number of piperidine rings is 2. The first-order valence-electron chi connectivity index (χ1n) is 33.2. The highest BCUT2D eigenvalue weighted by molar-refractivity contribution is 5.99. The fraction of sp³-hybridized carbons (Fsp3) is 0.542. The molecule has 0 saturated carbocycles. The highest BCUT2D eigenvalue weighted by atomic mass is 16.2. The van der Waals surface area contributed by atoms with Crippen molar-refractivity contribution >= 4 is 75.9 Å². The molecule has 9 amide bonds. The van der Waals surface area contributed by atoms with Crippen molar-refractivity contribution in [3.05, 3.63) is 121 Å². The summed E-state index contributed by atoms with van der Waals surface area (Å²) in [5.74, 6) is 2.55. The minimum Gasteiger partial charge on any atom is -0.346 e. The number of amides is 9. The van der Waals surface area contributed by atoms with Gasteiger partial charge in [-0.3, -0.25) is 43.2 Å². The van der Waals surface area contributed by atoms with Crippen LogP contribution in [0.25, 0.3) is 0 Å². The van der Waals surface area contributed by atoms with Crippen LogP contribution in [-0.4, -0.2) is 171 Å². The predicted octanol–water partition coefficient (Wildman–Crippen LogP) is 11.2. The number of nitrogens with zero attached hydrogens (tertiary/aromatic N) is 9. The molecule has 13 rings (SSSR count). The van der Waals surface area contributed by atoms with E-state index in [4.69, 9.17) is 0 Å². The lowest BCUT2D eigenvalue weighted by atomic mass is 10.1. The monoisotopic (exact) mass is 1240 g/mol. The summed E-state index contributed by atoms with van der Waals surface area (Å²) >= 11 is 0. The highest BCUT2D eigenvalue weighted by Gasteiger charge is 2.25. The topological polar surface area (TPSA) is 183 Å². The van der Waals surface area contributed by atoms with Crippen LogP contribution in [0.2, 0.25) is 0 Å². The van der Waals surface area contributed by atoms with Gasteiger partial charge in [0.1, 0.15) is 0 Å². The highest BCUT2D eigenvalue weighted by Crippen LogP contribution is 2.24. The fourth-order valence-electron chi connectivity index (χ4n) is 10.8. The second-order valence-corrected chi connectivity index (χ2v) is 23.9. The molecule has 9 aliphatic rings. The van der Waals surface area contributed by atoms with Gasteiger partial charge in [0.05, 0.1) is 0 Å². The second-order valence-electron chi connectivity index (χ2n) is 23.9. The average molecular weight is 1240 g/mol. The molecule has 0 spiro atoms. The molecule has 0 N–H and O–H groups in total. The van der Waals surface area contributed by atoms with Crippen molar-refractivity contribution in [3.8, 4) is 0 Å². The Balaban J connectivity index is 0.000000186. The van der Waals surface area contributed by atoms with E-state index in [2.05, 4.69) is 6.92 Å². The quantitative estimate of drug-likeness (QED) is 0.163. The van der Waals surface area contributed by atoms with Crippen LogP contribution in [0.3, 0.4) is 0 Å². The molecular formula is C72H103N9O9. The molecule has 0 aromatic heterocycles. The Hall–Kier alpha value is -7.89. The van der Waals surface area contributed by atoms with Gasteiger partial charge in [0, 0.05) is 174 Å². The second kappa shape index (κ2) is 41.4. The molecular weight excluding hydrogens is 1130 g/mol. The molecule has 90 heavy (non-hydrogen) atoms. The molecule has 9 aliphatic heterocycles. The first-order chi connectivity index (χ1) is 43.6. The van der Waals surface area contributed by atoms with Crippen LogP contribution in [0.1, 0.15) is 161 Å². The molecule has 4 aromatic carbocycles. The maximum atomic E-state index is 11.7. The summed E-state index contributed by atoms with van der Waals surface area (Å²) in [6, 6.07) is 39.4. The number of hydrogen-bond acceptors (Lipinski definition) is 9. The Kier molecular flexibility index (Phi) is 33.5. The van der Waals surface area contributed by atoms with E-state index in [1.54, 1.807) is 19.6 Å². The van der Waals surface area contributed by atoms with E-state index in [0.29, 0.717) is 49.3 Å². The van der Waals surface area contributed by atoms with Gasteiger partial charge in [-0.2, -0.15) is 0 Å². The molecule has 9 fully saturated rings. The fourth-order valence-corrected chi connectivity index (χ4v) is 10.8. The normalized spacial score (nSPS) is 18.8. The summed E-state index contributed by atoms with van der Waals surface area (Å²) < 4.78 is 0. The zero-order valence-electron chi connectivity index (χ0n) is 54.8. The van der Waals surface area contributed by atoms with Crippen molar-refractivity contribution in [3.63, 3.8) is 0 Å². The van der Waals surface area contributed by atoms with E-state index < -0.39 is 0 Å². The van der Waals surface area contributed by atoms with E-state index in [9.17, 15) is 43.2 Å². The zero-order chi connectivity index (χ0) is 64.9. The molecule has 0 unspecified atom stereocenters. The third-order valence-electron chi connectivity index (χ3n) is 16.8. The van der Waals surface area contributed by atoms with Gasteiger partial charge < -0.3 is 44.1 Å². The van der Waals surface area contributed by atoms with Gasteiger partial charge in [-0.15, -0.1) is 0 Å². The van der Waals surface area contributed by atoms with E-state index in [0.717, 1.165) is 185 Å². The van der Waals surface area contributed by atoms with Crippen LogP contribution >= 0.6 is 0 Å². The first kappa shape index (κ1) is 72.9. The number of likely N-dealkylation sites (tertiary alicyclic amines) is 5. The van der Waals surface area contributed by atoms with E-state index in [-0.39, 0.29) is 29.5 Å². The summed E-state index contributed by atoms with van der Waals surface area (Å²) in [5.41, 5.74) is 4.12. The molecule has 9 saturated heterocycles. The van der Waals surface area contributed by atoms with Gasteiger partial charge in [-0.1, -0.05) is 99.0 Å². The summed E-state index contributed by atoms with van der Waals surface area (Å²) in [7, 11) is 7.40. The predicted molar refractivity (Wildman–Crippen MR) is 359 cm³/mol. The van der Waals surface area contributed by atoms with Crippen LogP contribution in [0.5, 0.6) is 0 Å². The molecule has 0 atom stereocenters. The van der Waals surface area contributed by atoms with Crippen molar-refractivity contribution in [1.29, 1.82) is 0 Å². The molecule has 0 aliphatic carbocycles. The van der Waals surface area contributed by atoms with Crippen LogP contribution < -0.4 is 19.6 Å². The minimum absolute atomic E-state index is 0.233. The van der Waals surface area contributed by atoms with Gasteiger partial charge in [0.2, 0.25) is 53.2 Å². The summed E-state index contributed by atoms with van der Waals surface area (Å²) in [6.07, 6.45) is 23.4. The zero-order valence-corrected chi connectivity index (χ0v) is 54.8. The number of carbonyl (C=O) groups excluding carboxylic acids is 9. The standard InChI is InChI=1S/C12H15NO.C11H13NO.C10H11NO.C9H9NO.C8H15NO.C7H13NO.C6H11NO.C5H9NO.C4H7NO/c14-12-9-5-2-6-10-13(12)11-7-3-1-4-8-11;13-11-8-4-5-9-12(11)10-6-2-1-3-7-10;12-10-7-4-8-11(10)9-5-2-1-3-6-9;11-9-6-7-10(9)8-4-2-1-3-5-8;1-2-3-6-9-7-4-5-8(9)10;1-8-6-4-2-3-5-7(8)9;1-7-5-3-2-4-6(7)8;1-6-4-2-3-5(6)7;1-5-3-2-4(5)6/h1,3-4,7-8H,2,5-6,9-10H2;1-3,6-7H,4-5,8-9H2;1-3,5-6H,4,7-8H2;1-5H,6-7H2;2-7H2,1H3;2-6H2,1H3;2-5H2,1H3;2-4H2,1H3;2-3H2,1H3. The lowest BCUT2D eigenvalue weighted by molar-refractivity contribution is -0.138. The number of rotatable bonds is 7. The van der Waals surface area contributed by atoms with Crippen LogP contribution in [0.4, 0.5) is 22.7 Å². The molecule has 490 valence electrons. The maximum Gasteiger partial charge on any atom is 0.228 e. The van der Waals surface area contributed by atoms with Gasteiger partial charge in [-0.25, -0.2) is 0 Å². The van der Waals surface area contributed by atoms with Gasteiger partial charge in [-0.05, 0) is 126 Å². The third-order valence-corrected chi connectivity index (χ3v) is 16.8. The lowest BCUT2D eigenvalue weighted by Crippen LogP contribution is -2.43. The Bertz CT molecular complexity index is 2810. The van der Waals surface area contributed by atoms with Crippen molar-refractivity contribution in [2.75, 3.05) is 113 Å². The molecule has 18 heteroatoms. The van der Waals surface area contributed by atoms with E-state index in [1.807, 2.05) is 174 Å². The van der Waals surface area contributed by atoms with Gasteiger partial charge in [0.25, 0.3) is 0 Å². The van der Waals surface area contributed by atoms with Gasteiger partial charge in [0.15, 0.2) is 0 Å². The van der Waals surface area contributed by atoms with Crippen LogP contribution in [0.15, 0.2) is 121 Å². The maximum absolute atomic E-state index is 11.7. The Morgan fingerprint density at radius 3 is 0.833 bits per heavy atom. The number of anilines is 4. The molecule has 4 aromatic rings. The average Bonchev–Trinajstić information content (AvgIpc) is 4.11. The Morgan fingerprint density at radius 2 is 0.522 bits per heavy atom. The molecule has 0 bridgehead atoms. The summed E-state index contributed by atoms with van der Waals surface area (Å²) in [5, 5.41) is 0. The first-order valence-corrected chi connectivity index (χ1v) is 33.2. The Labute approximate surface area is 536 Å². The van der Waals surface area contributed by atoms with E-state index >= 15 is 0 Å². The molecule has 9 heterocycles.